The summed E-state index contributed by atoms with van der Waals surface area (Å²) in [4.78, 5) is 14.2. The number of pyridine rings is 1. The van der Waals surface area contributed by atoms with Gasteiger partial charge in [-0.25, -0.2) is 4.98 Å². The molecular weight excluding hydrogens is 274 g/mol. The van der Waals surface area contributed by atoms with Crippen molar-refractivity contribution in [1.82, 2.24) is 24.3 Å². The van der Waals surface area contributed by atoms with Crippen molar-refractivity contribution in [2.24, 2.45) is 0 Å². The SMILES string of the molecule is c1ccc(CN2CCn3cc(CN4CCCC4)nc3C2)nc1. The predicted molar refractivity (Wildman–Crippen MR) is 85.1 cm³/mol. The van der Waals surface area contributed by atoms with E-state index in [2.05, 4.69) is 37.7 Å². The molecule has 0 bridgehead atoms. The highest BCUT2D eigenvalue weighted by molar-refractivity contribution is 5.08. The van der Waals surface area contributed by atoms with Gasteiger partial charge in [-0.2, -0.15) is 0 Å². The number of hydrogen-bond donors (Lipinski definition) is 0. The minimum absolute atomic E-state index is 0.912. The maximum absolute atomic E-state index is 4.87. The lowest BCUT2D eigenvalue weighted by Crippen LogP contribution is -2.33. The number of likely N-dealkylation sites (tertiary alicyclic amines) is 1. The Labute approximate surface area is 131 Å². The summed E-state index contributed by atoms with van der Waals surface area (Å²) in [6.07, 6.45) is 6.80. The van der Waals surface area contributed by atoms with E-state index in [1.54, 1.807) is 0 Å². The molecule has 0 unspecified atom stereocenters. The van der Waals surface area contributed by atoms with Crippen molar-refractivity contribution in [3.05, 3.63) is 47.8 Å². The van der Waals surface area contributed by atoms with E-state index in [4.69, 9.17) is 4.98 Å². The molecule has 0 N–H and O–H groups in total. The third kappa shape index (κ3) is 3.05. The first kappa shape index (κ1) is 13.9. The lowest BCUT2D eigenvalue weighted by Gasteiger charge is -2.27. The van der Waals surface area contributed by atoms with Gasteiger partial charge in [-0.15, -0.1) is 0 Å². The van der Waals surface area contributed by atoms with E-state index in [-0.39, 0.29) is 0 Å². The Bertz CT molecular complexity index is 615. The Hall–Kier alpha value is -1.72. The summed E-state index contributed by atoms with van der Waals surface area (Å²) in [5.41, 5.74) is 2.37. The van der Waals surface area contributed by atoms with Gasteiger partial charge in [-0.05, 0) is 38.1 Å². The molecule has 0 aliphatic carbocycles. The molecule has 1 saturated heterocycles. The summed E-state index contributed by atoms with van der Waals surface area (Å²) in [6, 6.07) is 6.12. The second kappa shape index (κ2) is 6.18. The van der Waals surface area contributed by atoms with Crippen LogP contribution in [0.5, 0.6) is 0 Å². The zero-order chi connectivity index (χ0) is 14.8. The van der Waals surface area contributed by atoms with Gasteiger partial charge in [0.05, 0.1) is 17.9 Å². The molecule has 22 heavy (non-hydrogen) atoms. The van der Waals surface area contributed by atoms with Crippen LogP contribution in [0.3, 0.4) is 0 Å². The van der Waals surface area contributed by atoms with Crippen LogP contribution >= 0.6 is 0 Å². The van der Waals surface area contributed by atoms with Crippen molar-refractivity contribution in [1.29, 1.82) is 0 Å². The van der Waals surface area contributed by atoms with E-state index in [0.717, 1.165) is 38.4 Å². The monoisotopic (exact) mass is 297 g/mol. The van der Waals surface area contributed by atoms with Gasteiger partial charge >= 0.3 is 0 Å². The van der Waals surface area contributed by atoms with Crippen LogP contribution in [0.4, 0.5) is 0 Å². The molecule has 0 radical (unpaired) electrons. The van der Waals surface area contributed by atoms with E-state index < -0.39 is 0 Å². The Balaban J connectivity index is 1.41. The summed E-state index contributed by atoms with van der Waals surface area (Å²) in [7, 11) is 0. The maximum atomic E-state index is 4.87. The average Bonchev–Trinajstić information content (AvgIpc) is 3.17. The molecule has 0 aromatic carbocycles. The van der Waals surface area contributed by atoms with Gasteiger partial charge in [0.1, 0.15) is 5.82 Å². The van der Waals surface area contributed by atoms with Crippen LogP contribution in [-0.2, 0) is 26.2 Å². The van der Waals surface area contributed by atoms with Crippen molar-refractivity contribution >= 4 is 0 Å². The predicted octanol–water partition coefficient (Wildman–Crippen LogP) is 1.89. The second-order valence-electron chi connectivity index (χ2n) is 6.36. The summed E-state index contributed by atoms with van der Waals surface area (Å²) in [5, 5.41) is 0. The molecule has 2 aliphatic rings. The van der Waals surface area contributed by atoms with Crippen LogP contribution in [-0.4, -0.2) is 44.0 Å². The molecule has 0 atom stereocenters. The molecule has 4 heterocycles. The lowest BCUT2D eigenvalue weighted by atomic mass is 10.3. The van der Waals surface area contributed by atoms with Crippen LogP contribution in [0.15, 0.2) is 30.6 Å². The molecule has 2 aromatic rings. The minimum Gasteiger partial charge on any atom is -0.332 e. The summed E-state index contributed by atoms with van der Waals surface area (Å²) in [5.74, 6) is 1.20. The number of rotatable bonds is 4. The average molecular weight is 297 g/mol. The highest BCUT2D eigenvalue weighted by Crippen LogP contribution is 2.17. The van der Waals surface area contributed by atoms with E-state index in [0.29, 0.717) is 0 Å². The van der Waals surface area contributed by atoms with Crippen LogP contribution in [0.1, 0.15) is 30.1 Å². The van der Waals surface area contributed by atoms with Crippen LogP contribution in [0.2, 0.25) is 0 Å². The molecule has 2 aliphatic heterocycles. The molecule has 0 amide bonds. The van der Waals surface area contributed by atoms with Gasteiger partial charge in [-0.3, -0.25) is 14.8 Å². The van der Waals surface area contributed by atoms with Crippen molar-refractivity contribution < 1.29 is 0 Å². The normalized spacial score (nSPS) is 19.5. The van der Waals surface area contributed by atoms with Gasteiger partial charge in [-0.1, -0.05) is 6.07 Å². The fourth-order valence-corrected chi connectivity index (χ4v) is 3.46. The zero-order valence-corrected chi connectivity index (χ0v) is 13.0. The molecule has 4 rings (SSSR count). The van der Waals surface area contributed by atoms with Crippen LogP contribution in [0, 0.1) is 0 Å². The Morgan fingerprint density at radius 2 is 1.77 bits per heavy atom. The molecule has 0 saturated carbocycles. The zero-order valence-electron chi connectivity index (χ0n) is 13.0. The van der Waals surface area contributed by atoms with Crippen LogP contribution < -0.4 is 0 Å². The lowest BCUT2D eigenvalue weighted by molar-refractivity contribution is 0.206. The quantitative estimate of drug-likeness (QED) is 0.863. The number of aromatic nitrogens is 3. The number of fused-ring (bicyclic) bond motifs is 1. The van der Waals surface area contributed by atoms with Crippen molar-refractivity contribution in [2.45, 2.75) is 39.0 Å². The Morgan fingerprint density at radius 1 is 0.909 bits per heavy atom. The maximum Gasteiger partial charge on any atom is 0.123 e. The summed E-state index contributed by atoms with van der Waals surface area (Å²) >= 11 is 0. The molecule has 116 valence electrons. The van der Waals surface area contributed by atoms with E-state index >= 15 is 0 Å². The first-order valence-electron chi connectivity index (χ1n) is 8.26. The van der Waals surface area contributed by atoms with Crippen molar-refractivity contribution in [2.75, 3.05) is 19.6 Å². The second-order valence-corrected chi connectivity index (χ2v) is 6.36. The number of hydrogen-bond acceptors (Lipinski definition) is 4. The fourth-order valence-electron chi connectivity index (χ4n) is 3.46. The largest absolute Gasteiger partial charge is 0.332 e. The molecule has 1 fully saturated rings. The van der Waals surface area contributed by atoms with Crippen LogP contribution in [0.25, 0.3) is 0 Å². The van der Waals surface area contributed by atoms with Gasteiger partial charge in [0.15, 0.2) is 0 Å². The third-order valence-corrected chi connectivity index (χ3v) is 4.63. The first-order valence-corrected chi connectivity index (χ1v) is 8.26. The molecule has 5 nitrogen and oxygen atoms in total. The number of imidazole rings is 1. The molecule has 0 spiro atoms. The van der Waals surface area contributed by atoms with E-state index in [1.165, 1.54) is 37.4 Å². The topological polar surface area (TPSA) is 37.2 Å². The van der Waals surface area contributed by atoms with Gasteiger partial charge in [0, 0.05) is 38.6 Å². The van der Waals surface area contributed by atoms with Gasteiger partial charge in [0.25, 0.3) is 0 Å². The fraction of sp³-hybridized carbons (Fsp3) is 0.529. The summed E-state index contributed by atoms with van der Waals surface area (Å²) < 4.78 is 2.33. The molecule has 5 heteroatoms. The van der Waals surface area contributed by atoms with E-state index in [9.17, 15) is 0 Å². The summed E-state index contributed by atoms with van der Waals surface area (Å²) in [6.45, 7) is 7.42. The Morgan fingerprint density at radius 3 is 2.59 bits per heavy atom. The minimum atomic E-state index is 0.912. The van der Waals surface area contributed by atoms with Crippen molar-refractivity contribution in [3.8, 4) is 0 Å². The Kier molecular flexibility index (Phi) is 3.91. The molecular formula is C17H23N5. The standard InChI is InChI=1S/C17H23N5/c1-2-6-18-15(5-1)11-21-9-10-22-13-16(19-17(22)14-21)12-20-7-3-4-8-20/h1-2,5-6,13H,3-4,7-12,14H2. The van der Waals surface area contributed by atoms with Gasteiger partial charge < -0.3 is 4.57 Å². The van der Waals surface area contributed by atoms with Crippen molar-refractivity contribution in [3.63, 3.8) is 0 Å². The van der Waals surface area contributed by atoms with Gasteiger partial charge in [0.2, 0.25) is 0 Å². The molecule has 2 aromatic heterocycles. The number of nitrogens with zero attached hydrogens (tertiary/aromatic N) is 5. The smallest absolute Gasteiger partial charge is 0.123 e. The third-order valence-electron chi connectivity index (χ3n) is 4.63. The highest BCUT2D eigenvalue weighted by Gasteiger charge is 2.20. The highest BCUT2D eigenvalue weighted by atomic mass is 15.2. The first-order chi connectivity index (χ1) is 10.9. The van der Waals surface area contributed by atoms with E-state index in [1.807, 2.05) is 12.3 Å².